The van der Waals surface area contributed by atoms with Gasteiger partial charge in [0.25, 0.3) is 5.91 Å². The van der Waals surface area contributed by atoms with E-state index in [0.717, 1.165) is 13.2 Å². The Morgan fingerprint density at radius 1 is 1.43 bits per heavy atom. The molecular weight excluding hydrogens is 279 g/mol. The van der Waals surface area contributed by atoms with Crippen molar-refractivity contribution in [2.24, 2.45) is 7.05 Å². The molecule has 2 aromatic rings. The molecule has 1 aromatic heterocycles. The fourth-order valence-corrected chi connectivity index (χ4v) is 1.79. The van der Waals surface area contributed by atoms with Crippen LogP contribution in [-0.2, 0) is 11.8 Å². The van der Waals surface area contributed by atoms with Gasteiger partial charge in [0.05, 0.1) is 24.6 Å². The summed E-state index contributed by atoms with van der Waals surface area (Å²) in [7, 11) is 2.71. The van der Waals surface area contributed by atoms with Crippen molar-refractivity contribution in [1.29, 1.82) is 0 Å². The summed E-state index contributed by atoms with van der Waals surface area (Å²) < 4.78 is 19.3. The number of nitrogens with zero attached hydrogens (tertiary/aromatic N) is 2. The van der Waals surface area contributed by atoms with Crippen molar-refractivity contribution in [3.63, 3.8) is 0 Å². The van der Waals surface area contributed by atoms with Crippen LogP contribution >= 0.6 is 0 Å². The molecule has 21 heavy (non-hydrogen) atoms. The van der Waals surface area contributed by atoms with Crippen LogP contribution in [-0.4, -0.2) is 28.8 Å². The zero-order valence-corrected chi connectivity index (χ0v) is 11.4. The number of amides is 1. The number of esters is 1. The molecular formula is C13H13FN4O3. The summed E-state index contributed by atoms with van der Waals surface area (Å²) in [5.74, 6) is -2.08. The molecule has 0 saturated heterocycles. The number of ether oxygens (including phenoxy) is 1. The van der Waals surface area contributed by atoms with E-state index in [9.17, 15) is 14.0 Å². The zero-order valence-electron chi connectivity index (χ0n) is 11.4. The molecule has 0 aliphatic carbocycles. The van der Waals surface area contributed by atoms with E-state index >= 15 is 0 Å². The number of nitrogens with one attached hydrogen (secondary N) is 1. The number of hydrogen-bond donors (Lipinski definition) is 2. The second-order valence-electron chi connectivity index (χ2n) is 4.21. The Labute approximate surface area is 119 Å². The molecule has 110 valence electrons. The van der Waals surface area contributed by atoms with Crippen LogP contribution in [0.25, 0.3) is 0 Å². The lowest BCUT2D eigenvalue weighted by atomic mass is 10.2. The highest BCUT2D eigenvalue weighted by Crippen LogP contribution is 2.18. The van der Waals surface area contributed by atoms with Gasteiger partial charge in [-0.25, -0.2) is 9.18 Å². The van der Waals surface area contributed by atoms with Crippen molar-refractivity contribution in [3.8, 4) is 0 Å². The van der Waals surface area contributed by atoms with Gasteiger partial charge in [0.1, 0.15) is 11.5 Å². The summed E-state index contributed by atoms with van der Waals surface area (Å²) in [5, 5.41) is 6.37. The number of carbonyl (C=O) groups excluding carboxylic acids is 2. The number of rotatable bonds is 3. The topological polar surface area (TPSA) is 99.2 Å². The van der Waals surface area contributed by atoms with Crippen molar-refractivity contribution in [2.45, 2.75) is 0 Å². The molecule has 0 spiro atoms. The fourth-order valence-electron chi connectivity index (χ4n) is 1.79. The van der Waals surface area contributed by atoms with Gasteiger partial charge < -0.3 is 15.8 Å². The van der Waals surface area contributed by atoms with Gasteiger partial charge in [0.15, 0.2) is 0 Å². The number of carbonyl (C=O) groups is 2. The third kappa shape index (κ3) is 2.83. The quantitative estimate of drug-likeness (QED) is 0.828. The molecule has 0 aliphatic heterocycles. The Hall–Kier alpha value is -2.90. The molecule has 8 heteroatoms. The first-order valence-electron chi connectivity index (χ1n) is 5.90. The monoisotopic (exact) mass is 292 g/mol. The number of nitrogens with two attached hydrogens (primary N) is 1. The molecule has 0 unspecified atom stereocenters. The molecule has 1 heterocycles. The summed E-state index contributed by atoms with van der Waals surface area (Å²) in [6.07, 6.45) is 1.35. The number of aryl methyl sites for hydroxylation is 1. The van der Waals surface area contributed by atoms with Crippen molar-refractivity contribution >= 4 is 23.3 Å². The van der Waals surface area contributed by atoms with E-state index in [4.69, 9.17) is 5.73 Å². The van der Waals surface area contributed by atoms with Gasteiger partial charge in [-0.15, -0.1) is 0 Å². The second-order valence-corrected chi connectivity index (χ2v) is 4.21. The van der Waals surface area contributed by atoms with Crippen molar-refractivity contribution in [1.82, 2.24) is 9.78 Å². The fraction of sp³-hybridized carbons (Fsp3) is 0.154. The summed E-state index contributed by atoms with van der Waals surface area (Å²) in [6.45, 7) is 0. The molecule has 0 saturated carbocycles. The smallest absolute Gasteiger partial charge is 0.340 e. The lowest BCUT2D eigenvalue weighted by Gasteiger charge is -2.08. The minimum absolute atomic E-state index is 0.166. The van der Waals surface area contributed by atoms with E-state index in [1.54, 1.807) is 7.05 Å². The van der Waals surface area contributed by atoms with E-state index in [1.165, 1.54) is 23.0 Å². The van der Waals surface area contributed by atoms with E-state index in [1.807, 2.05) is 0 Å². The van der Waals surface area contributed by atoms with Crippen molar-refractivity contribution < 1.29 is 18.7 Å². The van der Waals surface area contributed by atoms with Crippen LogP contribution in [0, 0.1) is 5.82 Å². The maximum Gasteiger partial charge on any atom is 0.340 e. The van der Waals surface area contributed by atoms with Crippen LogP contribution in [0.3, 0.4) is 0 Å². The highest BCUT2D eigenvalue weighted by atomic mass is 19.1. The average molecular weight is 292 g/mol. The molecule has 0 fully saturated rings. The Morgan fingerprint density at radius 2 is 2.14 bits per heavy atom. The SMILES string of the molecule is COC(=O)c1cc(NC(=O)c2c(N)cnn2C)ccc1F. The van der Waals surface area contributed by atoms with E-state index in [2.05, 4.69) is 15.2 Å². The molecule has 0 atom stereocenters. The Morgan fingerprint density at radius 3 is 2.71 bits per heavy atom. The van der Waals surface area contributed by atoms with Gasteiger partial charge in [-0.2, -0.15) is 5.10 Å². The summed E-state index contributed by atoms with van der Waals surface area (Å²) >= 11 is 0. The molecule has 3 N–H and O–H groups in total. The molecule has 0 bridgehead atoms. The van der Waals surface area contributed by atoms with E-state index in [0.29, 0.717) is 0 Å². The number of anilines is 2. The zero-order chi connectivity index (χ0) is 15.6. The minimum Gasteiger partial charge on any atom is -0.465 e. The molecule has 2 rings (SSSR count). The number of hydrogen-bond acceptors (Lipinski definition) is 5. The lowest BCUT2D eigenvalue weighted by Crippen LogP contribution is -2.18. The van der Waals surface area contributed by atoms with Crippen LogP contribution < -0.4 is 11.1 Å². The number of halogens is 1. The van der Waals surface area contributed by atoms with Gasteiger partial charge >= 0.3 is 5.97 Å². The van der Waals surface area contributed by atoms with Crippen LogP contribution in [0.1, 0.15) is 20.8 Å². The number of nitrogen functional groups attached to an aromatic ring is 1. The van der Waals surface area contributed by atoms with Crippen molar-refractivity contribution in [3.05, 3.63) is 41.5 Å². The maximum atomic E-state index is 13.5. The molecule has 1 amide bonds. The second kappa shape index (κ2) is 5.61. The summed E-state index contributed by atoms with van der Waals surface area (Å²) in [6, 6.07) is 3.58. The standard InChI is InChI=1S/C13H13FN4O3/c1-18-11(10(15)6-16-18)12(19)17-7-3-4-9(14)8(5-7)13(20)21-2/h3-6H,15H2,1-2H3,(H,17,19). The van der Waals surface area contributed by atoms with Gasteiger partial charge in [-0.3, -0.25) is 9.48 Å². The third-order valence-corrected chi connectivity index (χ3v) is 2.81. The molecule has 0 aliphatic rings. The largest absolute Gasteiger partial charge is 0.465 e. The van der Waals surface area contributed by atoms with E-state index < -0.39 is 17.7 Å². The molecule has 0 radical (unpaired) electrons. The molecule has 7 nitrogen and oxygen atoms in total. The van der Waals surface area contributed by atoms with Crippen LogP contribution in [0.15, 0.2) is 24.4 Å². The first-order valence-corrected chi connectivity index (χ1v) is 5.90. The maximum absolute atomic E-state index is 13.5. The number of methoxy groups -OCH3 is 1. The highest BCUT2D eigenvalue weighted by Gasteiger charge is 2.17. The van der Waals surface area contributed by atoms with Gasteiger partial charge in [-0.1, -0.05) is 0 Å². The first kappa shape index (κ1) is 14.5. The van der Waals surface area contributed by atoms with Gasteiger partial charge in [0, 0.05) is 12.7 Å². The normalized spacial score (nSPS) is 10.2. The Kier molecular flexibility index (Phi) is 3.88. The summed E-state index contributed by atoms with van der Waals surface area (Å²) in [4.78, 5) is 23.5. The van der Waals surface area contributed by atoms with Gasteiger partial charge in [0.2, 0.25) is 0 Å². The molecule has 1 aromatic carbocycles. The highest BCUT2D eigenvalue weighted by molar-refractivity contribution is 6.06. The van der Waals surface area contributed by atoms with Crippen LogP contribution in [0.2, 0.25) is 0 Å². The number of benzene rings is 1. The summed E-state index contributed by atoms with van der Waals surface area (Å²) in [5.41, 5.74) is 5.99. The van der Waals surface area contributed by atoms with E-state index in [-0.39, 0.29) is 22.6 Å². The van der Waals surface area contributed by atoms with Crippen LogP contribution in [0.4, 0.5) is 15.8 Å². The van der Waals surface area contributed by atoms with Crippen LogP contribution in [0.5, 0.6) is 0 Å². The predicted molar refractivity (Wildman–Crippen MR) is 73.3 cm³/mol. The Balaban J connectivity index is 2.28. The van der Waals surface area contributed by atoms with Crippen molar-refractivity contribution in [2.75, 3.05) is 18.2 Å². The van der Waals surface area contributed by atoms with Gasteiger partial charge in [-0.05, 0) is 18.2 Å². The first-order chi connectivity index (χ1) is 9.93. The Bertz CT molecular complexity index is 692. The third-order valence-electron chi connectivity index (χ3n) is 2.81. The lowest BCUT2D eigenvalue weighted by molar-refractivity contribution is 0.0595. The average Bonchev–Trinajstić information content (AvgIpc) is 2.79. The predicted octanol–water partition coefficient (Wildman–Crippen LogP) is 1.18. The number of aromatic nitrogens is 2. The minimum atomic E-state index is -0.830.